The molecule has 30 heavy (non-hydrogen) atoms. The molecule has 0 saturated carbocycles. The largest absolute Gasteiger partial charge is 0.324 e. The normalized spacial score (nSPS) is 10.8. The topological polar surface area (TPSA) is 79.3 Å². The molecular weight excluding hydrogens is 402 g/mol. The molecule has 0 bridgehead atoms. The smallest absolute Gasteiger partial charge is 0.239 e. The lowest BCUT2D eigenvalue weighted by atomic mass is 10.2. The Hall–Kier alpha value is -3.16. The highest BCUT2D eigenvalue weighted by Crippen LogP contribution is 2.20. The zero-order chi connectivity index (χ0) is 21.7. The second kappa shape index (κ2) is 9.56. The first-order chi connectivity index (χ1) is 14.3. The van der Waals surface area contributed by atoms with Crippen LogP contribution < -0.4 is 10.6 Å². The van der Waals surface area contributed by atoms with E-state index >= 15 is 0 Å². The Labute approximate surface area is 180 Å². The molecule has 0 aliphatic carbocycles. The fourth-order valence-corrected chi connectivity index (χ4v) is 3.14. The zero-order valence-corrected chi connectivity index (χ0v) is 17.9. The van der Waals surface area contributed by atoms with E-state index in [0.717, 1.165) is 16.9 Å². The second-order valence-electron chi connectivity index (χ2n) is 7.17. The van der Waals surface area contributed by atoms with Gasteiger partial charge in [-0.25, -0.2) is 4.68 Å². The van der Waals surface area contributed by atoms with Gasteiger partial charge >= 0.3 is 0 Å². The van der Waals surface area contributed by atoms with Crippen molar-refractivity contribution in [3.8, 4) is 5.69 Å². The van der Waals surface area contributed by atoms with E-state index in [-0.39, 0.29) is 24.9 Å². The van der Waals surface area contributed by atoms with Crippen molar-refractivity contribution in [3.63, 3.8) is 0 Å². The summed E-state index contributed by atoms with van der Waals surface area (Å²) >= 11 is 6.05. The lowest BCUT2D eigenvalue weighted by Gasteiger charge is -2.16. The van der Waals surface area contributed by atoms with Crippen LogP contribution >= 0.6 is 11.6 Å². The highest BCUT2D eigenvalue weighted by atomic mass is 35.5. The number of rotatable bonds is 7. The van der Waals surface area contributed by atoms with Gasteiger partial charge in [0.2, 0.25) is 11.8 Å². The van der Waals surface area contributed by atoms with Gasteiger partial charge in [-0.15, -0.1) is 0 Å². The zero-order valence-electron chi connectivity index (χ0n) is 17.1. The van der Waals surface area contributed by atoms with Gasteiger partial charge in [0.1, 0.15) is 5.82 Å². The number of nitrogens with one attached hydrogen (secondary N) is 2. The molecule has 156 valence electrons. The van der Waals surface area contributed by atoms with Crippen LogP contribution in [0.2, 0.25) is 5.02 Å². The molecule has 0 atom stereocenters. The number of halogens is 1. The molecule has 0 aliphatic heterocycles. The van der Waals surface area contributed by atoms with Gasteiger partial charge in [-0.2, -0.15) is 5.10 Å². The third kappa shape index (κ3) is 5.68. The molecule has 0 unspecified atom stereocenters. The third-order valence-electron chi connectivity index (χ3n) is 4.35. The summed E-state index contributed by atoms with van der Waals surface area (Å²) in [6.45, 7) is 3.98. The van der Waals surface area contributed by atoms with Crippen molar-refractivity contribution in [3.05, 3.63) is 70.9 Å². The molecule has 0 aliphatic rings. The Bertz CT molecular complexity index is 1050. The number of carbonyl (C=O) groups is 2. The highest BCUT2D eigenvalue weighted by molar-refractivity contribution is 6.33. The van der Waals surface area contributed by atoms with Crippen LogP contribution in [0.3, 0.4) is 0 Å². The molecular formula is C22H24ClN5O2. The molecule has 1 heterocycles. The number of anilines is 2. The molecule has 0 fully saturated rings. The van der Waals surface area contributed by atoms with Crippen molar-refractivity contribution in [1.29, 1.82) is 0 Å². The van der Waals surface area contributed by atoms with Crippen LogP contribution in [0.25, 0.3) is 5.69 Å². The molecule has 3 rings (SSSR count). The van der Waals surface area contributed by atoms with Gasteiger partial charge in [0.15, 0.2) is 0 Å². The standard InChI is InChI=1S/C22H24ClN5O2/c1-15-8-10-17(11-9-15)28-20(12-16(2)26-28)25-22(30)14-27(3)13-21(29)24-19-7-5-4-6-18(19)23/h4-12H,13-14H2,1-3H3,(H,24,29)(H,25,30). The van der Waals surface area contributed by atoms with Crippen LogP contribution in [0.4, 0.5) is 11.5 Å². The lowest BCUT2D eigenvalue weighted by Crippen LogP contribution is -2.36. The van der Waals surface area contributed by atoms with Crippen molar-refractivity contribution < 1.29 is 9.59 Å². The van der Waals surface area contributed by atoms with E-state index in [1.54, 1.807) is 40.9 Å². The van der Waals surface area contributed by atoms with E-state index in [9.17, 15) is 9.59 Å². The summed E-state index contributed by atoms with van der Waals surface area (Å²) in [5, 5.41) is 10.5. The number of hydrogen-bond donors (Lipinski definition) is 2. The van der Waals surface area contributed by atoms with Crippen LogP contribution in [0.5, 0.6) is 0 Å². The Morgan fingerprint density at radius 3 is 2.30 bits per heavy atom. The molecule has 7 nitrogen and oxygen atoms in total. The SMILES string of the molecule is Cc1ccc(-n2nc(C)cc2NC(=O)CN(C)CC(=O)Nc2ccccc2Cl)cc1. The van der Waals surface area contributed by atoms with Crippen LogP contribution in [-0.4, -0.2) is 46.6 Å². The molecule has 1 aromatic heterocycles. The quantitative estimate of drug-likeness (QED) is 0.605. The lowest BCUT2D eigenvalue weighted by molar-refractivity contribution is -0.119. The Kier molecular flexibility index (Phi) is 6.87. The van der Waals surface area contributed by atoms with Gasteiger partial charge in [0.05, 0.1) is 35.2 Å². The van der Waals surface area contributed by atoms with Gasteiger partial charge < -0.3 is 10.6 Å². The first kappa shape index (κ1) is 21.5. The summed E-state index contributed by atoms with van der Waals surface area (Å²) in [4.78, 5) is 26.4. The second-order valence-corrected chi connectivity index (χ2v) is 7.57. The summed E-state index contributed by atoms with van der Waals surface area (Å²) in [7, 11) is 1.70. The predicted octanol–water partition coefficient (Wildman–Crippen LogP) is 3.65. The molecule has 2 N–H and O–H groups in total. The van der Waals surface area contributed by atoms with E-state index < -0.39 is 0 Å². The fraction of sp³-hybridized carbons (Fsp3) is 0.227. The van der Waals surface area contributed by atoms with E-state index in [1.165, 1.54) is 0 Å². The highest BCUT2D eigenvalue weighted by Gasteiger charge is 2.15. The molecule has 8 heteroatoms. The number of nitrogens with zero attached hydrogens (tertiary/aromatic N) is 3. The van der Waals surface area contributed by atoms with E-state index in [4.69, 9.17) is 11.6 Å². The molecule has 0 radical (unpaired) electrons. The van der Waals surface area contributed by atoms with Crippen LogP contribution in [0.1, 0.15) is 11.3 Å². The summed E-state index contributed by atoms with van der Waals surface area (Å²) < 4.78 is 1.69. The first-order valence-corrected chi connectivity index (χ1v) is 9.86. The maximum absolute atomic E-state index is 12.5. The maximum Gasteiger partial charge on any atom is 0.239 e. The summed E-state index contributed by atoms with van der Waals surface area (Å²) in [5.41, 5.74) is 3.33. The predicted molar refractivity (Wildman–Crippen MR) is 119 cm³/mol. The minimum absolute atomic E-state index is 0.0497. The fourth-order valence-electron chi connectivity index (χ4n) is 2.95. The van der Waals surface area contributed by atoms with Gasteiger partial charge in [-0.1, -0.05) is 41.4 Å². The maximum atomic E-state index is 12.5. The van der Waals surface area contributed by atoms with Gasteiger partial charge in [-0.05, 0) is 45.2 Å². The van der Waals surface area contributed by atoms with Crippen molar-refractivity contribution in [2.75, 3.05) is 30.8 Å². The monoisotopic (exact) mass is 425 g/mol. The van der Waals surface area contributed by atoms with E-state index in [1.807, 2.05) is 44.2 Å². The number of aromatic nitrogens is 2. The molecule has 2 amide bonds. The average molecular weight is 426 g/mol. The molecule has 2 aromatic carbocycles. The van der Waals surface area contributed by atoms with Crippen molar-refractivity contribution in [2.45, 2.75) is 13.8 Å². The average Bonchev–Trinajstić information content (AvgIpc) is 3.03. The number of benzene rings is 2. The Balaban J connectivity index is 1.58. The van der Waals surface area contributed by atoms with Gasteiger partial charge in [0.25, 0.3) is 0 Å². The molecule has 0 spiro atoms. The van der Waals surface area contributed by atoms with Gasteiger partial charge in [-0.3, -0.25) is 14.5 Å². The number of aryl methyl sites for hydroxylation is 2. The minimum Gasteiger partial charge on any atom is -0.324 e. The van der Waals surface area contributed by atoms with E-state index in [0.29, 0.717) is 16.5 Å². The molecule has 0 saturated heterocycles. The summed E-state index contributed by atoms with van der Waals surface area (Å²) in [6.07, 6.45) is 0. The van der Waals surface area contributed by atoms with Crippen molar-refractivity contribution in [1.82, 2.24) is 14.7 Å². The van der Waals surface area contributed by atoms with Crippen LogP contribution in [0.15, 0.2) is 54.6 Å². The molecule has 3 aromatic rings. The van der Waals surface area contributed by atoms with E-state index in [2.05, 4.69) is 15.7 Å². The minimum atomic E-state index is -0.251. The van der Waals surface area contributed by atoms with Crippen LogP contribution in [0, 0.1) is 13.8 Å². The number of amides is 2. The number of hydrogen-bond acceptors (Lipinski definition) is 4. The Morgan fingerprint density at radius 1 is 1.00 bits per heavy atom. The summed E-state index contributed by atoms with van der Waals surface area (Å²) in [5.74, 6) is 0.0884. The van der Waals surface area contributed by atoms with Crippen molar-refractivity contribution in [2.24, 2.45) is 0 Å². The first-order valence-electron chi connectivity index (χ1n) is 9.48. The van der Waals surface area contributed by atoms with Crippen molar-refractivity contribution >= 4 is 34.9 Å². The number of carbonyl (C=O) groups excluding carboxylic acids is 2. The number of para-hydroxylation sites is 1. The number of likely N-dealkylation sites (N-methyl/N-ethyl adjacent to an activating group) is 1. The van der Waals surface area contributed by atoms with Crippen LogP contribution in [-0.2, 0) is 9.59 Å². The van der Waals surface area contributed by atoms with Gasteiger partial charge in [0, 0.05) is 6.07 Å². The summed E-state index contributed by atoms with van der Waals surface area (Å²) in [6, 6.07) is 16.7. The third-order valence-corrected chi connectivity index (χ3v) is 4.68. The Morgan fingerprint density at radius 2 is 1.63 bits per heavy atom.